The molecule has 0 aliphatic heterocycles. The highest BCUT2D eigenvalue weighted by Crippen LogP contribution is 2.29. The van der Waals surface area contributed by atoms with Crippen molar-refractivity contribution in [3.63, 3.8) is 0 Å². The zero-order valence-corrected chi connectivity index (χ0v) is 11.8. The molecule has 2 nitrogen and oxygen atoms in total. The molecule has 0 bridgehead atoms. The van der Waals surface area contributed by atoms with Crippen LogP contribution in [0.2, 0.25) is 0 Å². The normalized spacial score (nSPS) is 23.7. The highest BCUT2D eigenvalue weighted by Gasteiger charge is 2.20. The van der Waals surface area contributed by atoms with Gasteiger partial charge >= 0.3 is 0 Å². The summed E-state index contributed by atoms with van der Waals surface area (Å²) in [6.07, 6.45) is 7.75. The highest BCUT2D eigenvalue weighted by molar-refractivity contribution is 4.90. The smallest absolute Gasteiger partial charge is 0.0905 e. The van der Waals surface area contributed by atoms with Gasteiger partial charge in [0.25, 0.3) is 0 Å². The summed E-state index contributed by atoms with van der Waals surface area (Å²) in [5.41, 5.74) is 1.23. The van der Waals surface area contributed by atoms with Gasteiger partial charge in [-0.25, -0.2) is 0 Å². The maximum absolute atomic E-state index is 9.08. The van der Waals surface area contributed by atoms with Gasteiger partial charge in [-0.2, -0.15) is 0 Å². The van der Waals surface area contributed by atoms with Gasteiger partial charge in [0.1, 0.15) is 0 Å². The fourth-order valence-electron chi connectivity index (χ4n) is 2.48. The summed E-state index contributed by atoms with van der Waals surface area (Å²) in [5, 5.41) is 9.08. The van der Waals surface area contributed by atoms with Crippen molar-refractivity contribution in [1.29, 1.82) is 0 Å². The van der Waals surface area contributed by atoms with Crippen molar-refractivity contribution in [2.45, 2.75) is 51.9 Å². The zero-order chi connectivity index (χ0) is 13.4. The second-order valence-corrected chi connectivity index (χ2v) is 5.73. The number of ether oxygens (including phenoxy) is 1. The van der Waals surface area contributed by atoms with E-state index in [0.29, 0.717) is 18.4 Å². The lowest BCUT2D eigenvalue weighted by atomic mass is 9.83. The van der Waals surface area contributed by atoms with Crippen LogP contribution < -0.4 is 0 Å². The molecule has 1 fully saturated rings. The Labute approximate surface area is 112 Å². The van der Waals surface area contributed by atoms with Crippen molar-refractivity contribution in [3.8, 4) is 0 Å². The average molecular weight is 252 g/mol. The molecule has 0 aromatic rings. The van der Waals surface area contributed by atoms with Gasteiger partial charge in [-0.1, -0.05) is 12.2 Å². The number of aliphatic hydroxyl groups excluding tert-OH is 1. The molecule has 0 aromatic heterocycles. The minimum Gasteiger partial charge on any atom is -0.498 e. The molecular weight excluding hydrogens is 224 g/mol. The van der Waals surface area contributed by atoms with Crippen molar-refractivity contribution >= 4 is 0 Å². The fourth-order valence-corrected chi connectivity index (χ4v) is 2.48. The van der Waals surface area contributed by atoms with E-state index >= 15 is 0 Å². The standard InChI is InChI=1S/C16H28O2/c1-13(2)5-4-6-14(3)18-12-16-9-7-15(11-17)8-10-16/h15-17H,1,3-12H2,2H3. The van der Waals surface area contributed by atoms with E-state index in [1.807, 2.05) is 0 Å². The van der Waals surface area contributed by atoms with Crippen LogP contribution in [-0.4, -0.2) is 18.3 Å². The third-order valence-electron chi connectivity index (χ3n) is 3.81. The first-order chi connectivity index (χ1) is 8.61. The fraction of sp³-hybridized carbons (Fsp3) is 0.750. The first-order valence-corrected chi connectivity index (χ1v) is 7.17. The molecule has 0 aromatic carbocycles. The molecule has 1 saturated carbocycles. The number of hydrogen-bond acceptors (Lipinski definition) is 2. The van der Waals surface area contributed by atoms with E-state index in [1.165, 1.54) is 18.4 Å². The third-order valence-corrected chi connectivity index (χ3v) is 3.81. The molecular formula is C16H28O2. The van der Waals surface area contributed by atoms with Crippen LogP contribution in [0.5, 0.6) is 0 Å². The molecule has 0 heterocycles. The van der Waals surface area contributed by atoms with Gasteiger partial charge in [-0.3, -0.25) is 0 Å². The molecule has 0 unspecified atom stereocenters. The monoisotopic (exact) mass is 252 g/mol. The Morgan fingerprint density at radius 1 is 1.11 bits per heavy atom. The summed E-state index contributed by atoms with van der Waals surface area (Å²) in [4.78, 5) is 0. The average Bonchev–Trinajstić information content (AvgIpc) is 2.36. The molecule has 18 heavy (non-hydrogen) atoms. The molecule has 0 spiro atoms. The van der Waals surface area contributed by atoms with Crippen LogP contribution >= 0.6 is 0 Å². The van der Waals surface area contributed by atoms with Crippen molar-refractivity contribution < 1.29 is 9.84 Å². The van der Waals surface area contributed by atoms with Crippen LogP contribution in [-0.2, 0) is 4.74 Å². The molecule has 0 saturated heterocycles. The maximum atomic E-state index is 9.08. The quantitative estimate of drug-likeness (QED) is 0.521. The van der Waals surface area contributed by atoms with Gasteiger partial charge in [-0.15, -0.1) is 6.58 Å². The number of aliphatic hydroxyl groups is 1. The lowest BCUT2D eigenvalue weighted by Crippen LogP contribution is -2.20. The van der Waals surface area contributed by atoms with Crippen molar-refractivity contribution in [1.82, 2.24) is 0 Å². The number of hydrogen-bond donors (Lipinski definition) is 1. The first kappa shape index (κ1) is 15.3. The molecule has 0 amide bonds. The van der Waals surface area contributed by atoms with Gasteiger partial charge < -0.3 is 9.84 Å². The second-order valence-electron chi connectivity index (χ2n) is 5.73. The topological polar surface area (TPSA) is 29.5 Å². The zero-order valence-electron chi connectivity index (χ0n) is 11.8. The first-order valence-electron chi connectivity index (χ1n) is 7.17. The Morgan fingerprint density at radius 3 is 2.28 bits per heavy atom. The van der Waals surface area contributed by atoms with Crippen LogP contribution in [0, 0.1) is 11.8 Å². The van der Waals surface area contributed by atoms with E-state index in [0.717, 1.165) is 44.5 Å². The number of rotatable bonds is 8. The Hall–Kier alpha value is -0.760. The summed E-state index contributed by atoms with van der Waals surface area (Å²) in [7, 11) is 0. The Balaban J connectivity index is 2.06. The van der Waals surface area contributed by atoms with E-state index in [9.17, 15) is 0 Å². The molecule has 0 atom stereocenters. The van der Waals surface area contributed by atoms with E-state index in [-0.39, 0.29) is 0 Å². The van der Waals surface area contributed by atoms with Gasteiger partial charge in [0, 0.05) is 13.0 Å². The summed E-state index contributed by atoms with van der Waals surface area (Å²) in [5.74, 6) is 2.10. The van der Waals surface area contributed by atoms with Gasteiger partial charge in [0.15, 0.2) is 0 Å². The van der Waals surface area contributed by atoms with E-state index in [2.05, 4.69) is 20.1 Å². The van der Waals surface area contributed by atoms with Crippen LogP contribution in [0.4, 0.5) is 0 Å². The second kappa shape index (κ2) is 8.36. The third kappa shape index (κ3) is 6.25. The van der Waals surface area contributed by atoms with Crippen molar-refractivity contribution in [3.05, 3.63) is 24.5 Å². The van der Waals surface area contributed by atoms with Gasteiger partial charge in [0.2, 0.25) is 0 Å². The van der Waals surface area contributed by atoms with Gasteiger partial charge in [0.05, 0.1) is 12.4 Å². The molecule has 0 radical (unpaired) electrons. The Kier molecular flexibility index (Phi) is 7.11. The lowest BCUT2D eigenvalue weighted by Gasteiger charge is -2.27. The summed E-state index contributed by atoms with van der Waals surface area (Å²) in [6.45, 7) is 11.1. The van der Waals surface area contributed by atoms with E-state index in [4.69, 9.17) is 9.84 Å². The van der Waals surface area contributed by atoms with E-state index in [1.54, 1.807) is 0 Å². The summed E-state index contributed by atoms with van der Waals surface area (Å²) >= 11 is 0. The van der Waals surface area contributed by atoms with E-state index < -0.39 is 0 Å². The lowest BCUT2D eigenvalue weighted by molar-refractivity contribution is 0.106. The molecule has 2 heteroatoms. The molecule has 1 aliphatic carbocycles. The summed E-state index contributed by atoms with van der Waals surface area (Å²) in [6, 6.07) is 0. The minimum absolute atomic E-state index is 0.348. The highest BCUT2D eigenvalue weighted by atomic mass is 16.5. The summed E-state index contributed by atoms with van der Waals surface area (Å²) < 4.78 is 5.75. The van der Waals surface area contributed by atoms with Crippen LogP contribution in [0.1, 0.15) is 51.9 Å². The minimum atomic E-state index is 0.348. The molecule has 1 aliphatic rings. The number of allylic oxidation sites excluding steroid dienone is 2. The van der Waals surface area contributed by atoms with Crippen molar-refractivity contribution in [2.75, 3.05) is 13.2 Å². The largest absolute Gasteiger partial charge is 0.498 e. The molecule has 1 rings (SSSR count). The van der Waals surface area contributed by atoms with Gasteiger partial charge in [-0.05, 0) is 57.3 Å². The van der Waals surface area contributed by atoms with Crippen LogP contribution in [0.3, 0.4) is 0 Å². The Morgan fingerprint density at radius 2 is 1.72 bits per heavy atom. The maximum Gasteiger partial charge on any atom is 0.0905 e. The predicted molar refractivity (Wildman–Crippen MR) is 76.3 cm³/mol. The van der Waals surface area contributed by atoms with Crippen LogP contribution in [0.15, 0.2) is 24.5 Å². The van der Waals surface area contributed by atoms with Crippen LogP contribution in [0.25, 0.3) is 0 Å². The SMILES string of the molecule is C=C(C)CCCC(=C)OCC1CCC(CO)CC1. The van der Waals surface area contributed by atoms with Crippen molar-refractivity contribution in [2.24, 2.45) is 11.8 Å². The predicted octanol–water partition coefficient (Wildman–Crippen LogP) is 4.06. The molecule has 1 N–H and O–H groups in total. The molecule has 104 valence electrons. The Bertz CT molecular complexity index is 262.